The van der Waals surface area contributed by atoms with E-state index in [1.165, 1.54) is 34.4 Å². The molecule has 1 unspecified atom stereocenters. The van der Waals surface area contributed by atoms with Crippen molar-refractivity contribution < 1.29 is 0 Å². The van der Waals surface area contributed by atoms with E-state index < -0.39 is 0 Å². The van der Waals surface area contributed by atoms with Crippen LogP contribution in [0.2, 0.25) is 0 Å². The second-order valence-corrected chi connectivity index (χ2v) is 6.61. The van der Waals surface area contributed by atoms with E-state index in [4.69, 9.17) is 0 Å². The molecule has 1 atom stereocenters. The highest BCUT2D eigenvalue weighted by Gasteiger charge is 2.12. The van der Waals surface area contributed by atoms with Crippen molar-refractivity contribution in [2.24, 2.45) is 0 Å². The van der Waals surface area contributed by atoms with Crippen molar-refractivity contribution in [3.8, 4) is 0 Å². The minimum absolute atomic E-state index is 0.632. The molecular weight excluding hydrogens is 348 g/mol. The summed E-state index contributed by atoms with van der Waals surface area (Å²) >= 11 is 9.30. The van der Waals surface area contributed by atoms with Crippen molar-refractivity contribution >= 4 is 43.6 Å². The lowest BCUT2D eigenvalue weighted by Crippen LogP contribution is -2.02. The van der Waals surface area contributed by atoms with Gasteiger partial charge in [-0.15, -0.1) is 0 Å². The zero-order chi connectivity index (χ0) is 11.8. The predicted octanol–water partition coefficient (Wildman–Crippen LogP) is 5.46. The van der Waals surface area contributed by atoms with Crippen LogP contribution in [-0.2, 0) is 0 Å². The van der Waals surface area contributed by atoms with Crippen molar-refractivity contribution in [2.45, 2.75) is 25.7 Å². The third-order valence-electron chi connectivity index (χ3n) is 2.58. The summed E-state index contributed by atoms with van der Waals surface area (Å²) in [5.74, 6) is 3.14. The minimum atomic E-state index is 0.632. The number of thioether (sulfide) groups is 1. The van der Waals surface area contributed by atoms with Gasteiger partial charge in [-0.05, 0) is 41.9 Å². The summed E-state index contributed by atoms with van der Waals surface area (Å²) in [6, 6.07) is 8.55. The molecule has 3 heteroatoms. The topological polar surface area (TPSA) is 0 Å². The molecule has 1 rings (SSSR count). The quantitative estimate of drug-likeness (QED) is 0.456. The van der Waals surface area contributed by atoms with Gasteiger partial charge in [-0.1, -0.05) is 57.0 Å². The standard InChI is InChI=1S/C13H18Br2S/c1-2-16-9-5-6-11(10-14)12-7-3-4-8-13(12)15/h3-4,7-8,11H,2,5-6,9-10H2,1H3. The number of rotatable bonds is 7. The number of hydrogen-bond donors (Lipinski definition) is 0. The SMILES string of the molecule is CCSCCCC(CBr)c1ccccc1Br. The molecular formula is C13H18Br2S. The fourth-order valence-corrected chi connectivity index (χ4v) is 3.64. The largest absolute Gasteiger partial charge is 0.162 e. The Hall–Kier alpha value is 0.530. The summed E-state index contributed by atoms with van der Waals surface area (Å²) in [4.78, 5) is 0. The van der Waals surface area contributed by atoms with Crippen LogP contribution in [0.25, 0.3) is 0 Å². The molecule has 0 saturated carbocycles. The third kappa shape index (κ3) is 4.80. The van der Waals surface area contributed by atoms with Crippen LogP contribution in [0.15, 0.2) is 28.7 Å². The van der Waals surface area contributed by atoms with Gasteiger partial charge in [0.2, 0.25) is 0 Å². The number of alkyl halides is 1. The first-order chi connectivity index (χ1) is 7.79. The molecule has 0 bridgehead atoms. The van der Waals surface area contributed by atoms with Gasteiger partial charge in [0.25, 0.3) is 0 Å². The molecule has 0 aliphatic carbocycles. The van der Waals surface area contributed by atoms with Crippen LogP contribution in [0.3, 0.4) is 0 Å². The molecule has 16 heavy (non-hydrogen) atoms. The lowest BCUT2D eigenvalue weighted by atomic mass is 9.97. The Labute approximate surface area is 120 Å². The first kappa shape index (κ1) is 14.6. The summed E-state index contributed by atoms with van der Waals surface area (Å²) in [5.41, 5.74) is 1.43. The molecule has 0 radical (unpaired) electrons. The summed E-state index contributed by atoms with van der Waals surface area (Å²) < 4.78 is 1.24. The minimum Gasteiger partial charge on any atom is -0.162 e. The lowest BCUT2D eigenvalue weighted by molar-refractivity contribution is 0.678. The third-order valence-corrected chi connectivity index (χ3v) is 5.07. The van der Waals surface area contributed by atoms with Crippen molar-refractivity contribution in [2.75, 3.05) is 16.8 Å². The zero-order valence-corrected chi connectivity index (χ0v) is 13.6. The molecule has 0 spiro atoms. The Morgan fingerprint density at radius 2 is 2.06 bits per heavy atom. The predicted molar refractivity (Wildman–Crippen MR) is 82.9 cm³/mol. The van der Waals surface area contributed by atoms with Gasteiger partial charge in [-0.3, -0.25) is 0 Å². The molecule has 0 nitrogen and oxygen atoms in total. The molecule has 0 saturated heterocycles. The highest BCUT2D eigenvalue weighted by atomic mass is 79.9. The maximum atomic E-state index is 3.63. The Bertz CT molecular complexity index is 302. The molecule has 0 aromatic heterocycles. The normalized spacial score (nSPS) is 12.7. The average Bonchev–Trinajstić information content (AvgIpc) is 2.31. The highest BCUT2D eigenvalue weighted by molar-refractivity contribution is 9.10. The van der Waals surface area contributed by atoms with E-state index in [-0.39, 0.29) is 0 Å². The van der Waals surface area contributed by atoms with E-state index in [0.717, 1.165) is 5.33 Å². The Balaban J connectivity index is 2.51. The number of halogens is 2. The molecule has 1 aromatic rings. The van der Waals surface area contributed by atoms with Crippen LogP contribution < -0.4 is 0 Å². The Kier molecular flexibility index (Phi) is 7.84. The molecule has 0 aliphatic heterocycles. The van der Waals surface area contributed by atoms with E-state index in [1.807, 2.05) is 11.8 Å². The van der Waals surface area contributed by atoms with Crippen LogP contribution in [0.5, 0.6) is 0 Å². The van der Waals surface area contributed by atoms with Crippen LogP contribution in [0.1, 0.15) is 31.2 Å². The molecule has 0 aliphatic rings. The first-order valence-electron chi connectivity index (χ1n) is 5.67. The molecule has 0 N–H and O–H groups in total. The maximum absolute atomic E-state index is 3.63. The summed E-state index contributed by atoms with van der Waals surface area (Å²) in [7, 11) is 0. The van der Waals surface area contributed by atoms with E-state index in [0.29, 0.717) is 5.92 Å². The molecule has 0 fully saturated rings. The van der Waals surface area contributed by atoms with Gasteiger partial charge < -0.3 is 0 Å². The summed E-state index contributed by atoms with van der Waals surface area (Å²) in [6.45, 7) is 2.22. The van der Waals surface area contributed by atoms with Gasteiger partial charge in [0, 0.05) is 9.80 Å². The smallest absolute Gasteiger partial charge is 0.0210 e. The molecule has 90 valence electrons. The second-order valence-electron chi connectivity index (χ2n) is 3.71. The zero-order valence-electron chi connectivity index (χ0n) is 9.59. The van der Waals surface area contributed by atoms with Crippen LogP contribution in [0.4, 0.5) is 0 Å². The van der Waals surface area contributed by atoms with Crippen molar-refractivity contribution in [1.29, 1.82) is 0 Å². The van der Waals surface area contributed by atoms with Crippen LogP contribution >= 0.6 is 43.6 Å². The number of hydrogen-bond acceptors (Lipinski definition) is 1. The first-order valence-corrected chi connectivity index (χ1v) is 8.74. The maximum Gasteiger partial charge on any atom is 0.0210 e. The van der Waals surface area contributed by atoms with E-state index >= 15 is 0 Å². The fraction of sp³-hybridized carbons (Fsp3) is 0.538. The van der Waals surface area contributed by atoms with E-state index in [2.05, 4.69) is 63.0 Å². The molecule has 0 heterocycles. The Morgan fingerprint density at radius 1 is 1.31 bits per heavy atom. The van der Waals surface area contributed by atoms with Gasteiger partial charge in [0.1, 0.15) is 0 Å². The van der Waals surface area contributed by atoms with Crippen molar-refractivity contribution in [3.63, 3.8) is 0 Å². The summed E-state index contributed by atoms with van der Waals surface area (Å²) in [5, 5.41) is 1.05. The highest BCUT2D eigenvalue weighted by Crippen LogP contribution is 2.30. The lowest BCUT2D eigenvalue weighted by Gasteiger charge is -2.15. The van der Waals surface area contributed by atoms with Crippen molar-refractivity contribution in [3.05, 3.63) is 34.3 Å². The Morgan fingerprint density at radius 3 is 2.69 bits per heavy atom. The second kappa shape index (κ2) is 8.60. The van der Waals surface area contributed by atoms with Crippen LogP contribution in [-0.4, -0.2) is 16.8 Å². The van der Waals surface area contributed by atoms with Gasteiger partial charge >= 0.3 is 0 Å². The molecule has 0 amide bonds. The molecule has 1 aromatic carbocycles. The van der Waals surface area contributed by atoms with E-state index in [9.17, 15) is 0 Å². The monoisotopic (exact) mass is 364 g/mol. The van der Waals surface area contributed by atoms with Gasteiger partial charge in [-0.2, -0.15) is 11.8 Å². The number of benzene rings is 1. The van der Waals surface area contributed by atoms with Crippen LogP contribution in [0, 0.1) is 0 Å². The fourth-order valence-electron chi connectivity index (χ4n) is 1.70. The van der Waals surface area contributed by atoms with Gasteiger partial charge in [-0.25, -0.2) is 0 Å². The van der Waals surface area contributed by atoms with E-state index in [1.54, 1.807) is 0 Å². The summed E-state index contributed by atoms with van der Waals surface area (Å²) in [6.07, 6.45) is 2.57. The average molecular weight is 366 g/mol. The van der Waals surface area contributed by atoms with Crippen molar-refractivity contribution in [1.82, 2.24) is 0 Å². The van der Waals surface area contributed by atoms with Gasteiger partial charge in [0.15, 0.2) is 0 Å². The van der Waals surface area contributed by atoms with Gasteiger partial charge in [0.05, 0.1) is 0 Å².